The van der Waals surface area contributed by atoms with E-state index in [4.69, 9.17) is 0 Å². The van der Waals surface area contributed by atoms with Crippen molar-refractivity contribution in [3.05, 3.63) is 51.4 Å². The first-order valence-corrected chi connectivity index (χ1v) is 8.42. The average molecular weight is 331 g/mol. The summed E-state index contributed by atoms with van der Waals surface area (Å²) in [5, 5.41) is 3.08. The van der Waals surface area contributed by atoms with Crippen LogP contribution in [0.3, 0.4) is 0 Å². The van der Waals surface area contributed by atoms with Gasteiger partial charge in [0.2, 0.25) is 5.91 Å². The molecule has 0 saturated heterocycles. The molecule has 0 spiro atoms. The fourth-order valence-corrected chi connectivity index (χ4v) is 3.11. The van der Waals surface area contributed by atoms with E-state index >= 15 is 0 Å². The molecule has 2 N–H and O–H groups in total. The zero-order chi connectivity index (χ0) is 17.0. The molecule has 0 saturated carbocycles. The lowest BCUT2D eigenvalue weighted by molar-refractivity contribution is -0.115. The first-order valence-electron chi connectivity index (χ1n) is 7.54. The normalized spacial score (nSPS) is 12.0. The van der Waals surface area contributed by atoms with Crippen molar-refractivity contribution in [1.29, 1.82) is 0 Å². The van der Waals surface area contributed by atoms with Crippen molar-refractivity contribution >= 4 is 23.4 Å². The van der Waals surface area contributed by atoms with E-state index in [1.165, 1.54) is 17.8 Å². The van der Waals surface area contributed by atoms with Crippen LogP contribution in [0.4, 0.5) is 5.69 Å². The van der Waals surface area contributed by atoms with Crippen molar-refractivity contribution in [3.8, 4) is 0 Å². The van der Waals surface area contributed by atoms with Crippen LogP contribution in [0, 0.1) is 13.8 Å². The lowest BCUT2D eigenvalue weighted by atomic mass is 10.1. The number of aromatic amines is 1. The van der Waals surface area contributed by atoms with Crippen molar-refractivity contribution < 1.29 is 4.79 Å². The van der Waals surface area contributed by atoms with Gasteiger partial charge in [-0.2, -0.15) is 0 Å². The fourth-order valence-electron chi connectivity index (χ4n) is 2.26. The van der Waals surface area contributed by atoms with E-state index in [0.717, 1.165) is 23.2 Å². The lowest BCUT2D eigenvalue weighted by Crippen LogP contribution is -2.24. The molecular formula is C17H21N3O2S. The number of amides is 1. The van der Waals surface area contributed by atoms with Gasteiger partial charge >= 0.3 is 0 Å². The number of benzene rings is 1. The quantitative estimate of drug-likeness (QED) is 0.652. The summed E-state index contributed by atoms with van der Waals surface area (Å²) >= 11 is 1.24. The summed E-state index contributed by atoms with van der Waals surface area (Å²) in [4.78, 5) is 30.8. The van der Waals surface area contributed by atoms with Crippen LogP contribution < -0.4 is 10.9 Å². The Morgan fingerprint density at radius 3 is 2.78 bits per heavy atom. The van der Waals surface area contributed by atoms with Gasteiger partial charge in [0.15, 0.2) is 5.16 Å². The highest BCUT2D eigenvalue weighted by Crippen LogP contribution is 2.24. The maximum atomic E-state index is 12.5. The Labute approximate surface area is 139 Å². The molecule has 1 aromatic carbocycles. The molecular weight excluding hydrogens is 310 g/mol. The summed E-state index contributed by atoms with van der Waals surface area (Å²) in [7, 11) is 0. The van der Waals surface area contributed by atoms with Gasteiger partial charge in [-0.15, -0.1) is 0 Å². The third-order valence-electron chi connectivity index (χ3n) is 3.49. The number of aryl methyl sites for hydroxylation is 3. The van der Waals surface area contributed by atoms with Crippen molar-refractivity contribution in [2.24, 2.45) is 0 Å². The average Bonchev–Trinajstić information content (AvgIpc) is 2.48. The molecule has 2 rings (SSSR count). The second kappa shape index (κ2) is 7.46. The molecule has 5 nitrogen and oxygen atoms in total. The topological polar surface area (TPSA) is 74.8 Å². The number of hydrogen-bond donors (Lipinski definition) is 2. The fraction of sp³-hybridized carbons (Fsp3) is 0.353. The van der Waals surface area contributed by atoms with Gasteiger partial charge < -0.3 is 10.3 Å². The number of carbonyl (C=O) groups is 1. The number of H-pyrrole nitrogens is 1. The Morgan fingerprint density at radius 2 is 2.13 bits per heavy atom. The van der Waals surface area contributed by atoms with Crippen molar-refractivity contribution in [2.75, 3.05) is 5.32 Å². The molecule has 1 atom stereocenters. The molecule has 0 radical (unpaired) electrons. The highest BCUT2D eigenvalue weighted by Gasteiger charge is 2.18. The molecule has 23 heavy (non-hydrogen) atoms. The number of thioether (sulfide) groups is 1. The van der Waals surface area contributed by atoms with E-state index in [1.54, 1.807) is 13.8 Å². The third-order valence-corrected chi connectivity index (χ3v) is 4.48. The maximum absolute atomic E-state index is 12.5. The number of para-hydroxylation sites is 1. The van der Waals surface area contributed by atoms with E-state index in [0.29, 0.717) is 10.9 Å². The molecule has 1 amide bonds. The number of aromatic nitrogens is 2. The number of rotatable bonds is 5. The van der Waals surface area contributed by atoms with Gasteiger partial charge in [-0.3, -0.25) is 9.59 Å². The van der Waals surface area contributed by atoms with Crippen molar-refractivity contribution in [2.45, 2.75) is 44.5 Å². The van der Waals surface area contributed by atoms with Gasteiger partial charge in [0.1, 0.15) is 0 Å². The van der Waals surface area contributed by atoms with Crippen molar-refractivity contribution in [3.63, 3.8) is 0 Å². The molecule has 2 aromatic rings. The van der Waals surface area contributed by atoms with Crippen molar-refractivity contribution in [1.82, 2.24) is 9.97 Å². The molecule has 1 unspecified atom stereocenters. The number of anilines is 1. The number of hydrogen-bond acceptors (Lipinski definition) is 4. The van der Waals surface area contributed by atoms with Crippen LogP contribution in [0.25, 0.3) is 0 Å². The summed E-state index contributed by atoms with van der Waals surface area (Å²) in [5.74, 6) is -0.108. The number of nitrogens with zero attached hydrogens (tertiary/aromatic N) is 1. The molecule has 0 aliphatic carbocycles. The molecule has 1 heterocycles. The first kappa shape index (κ1) is 17.3. The van der Waals surface area contributed by atoms with E-state index in [-0.39, 0.29) is 16.7 Å². The summed E-state index contributed by atoms with van der Waals surface area (Å²) < 4.78 is 0. The lowest BCUT2D eigenvalue weighted by Gasteiger charge is -2.16. The van der Waals surface area contributed by atoms with Crippen LogP contribution in [0.2, 0.25) is 0 Å². The number of nitrogens with one attached hydrogen (secondary N) is 2. The van der Waals surface area contributed by atoms with Crippen LogP contribution >= 0.6 is 11.8 Å². The highest BCUT2D eigenvalue weighted by atomic mass is 32.2. The van der Waals surface area contributed by atoms with Crippen LogP contribution in [0.1, 0.15) is 30.7 Å². The monoisotopic (exact) mass is 331 g/mol. The summed E-state index contributed by atoms with van der Waals surface area (Å²) in [6, 6.07) is 7.41. The first-order chi connectivity index (χ1) is 10.9. The molecule has 0 aliphatic heterocycles. The second-order valence-corrected chi connectivity index (χ2v) is 6.73. The van der Waals surface area contributed by atoms with E-state index in [1.807, 2.05) is 25.1 Å². The second-order valence-electron chi connectivity index (χ2n) is 5.40. The van der Waals surface area contributed by atoms with E-state index in [9.17, 15) is 9.59 Å². The van der Waals surface area contributed by atoms with Gasteiger partial charge in [0, 0.05) is 17.4 Å². The Balaban J connectivity index is 2.13. The zero-order valence-corrected chi connectivity index (χ0v) is 14.6. The molecule has 6 heteroatoms. The Hall–Kier alpha value is -2.08. The van der Waals surface area contributed by atoms with Gasteiger partial charge in [0.05, 0.1) is 5.25 Å². The van der Waals surface area contributed by atoms with Gasteiger partial charge in [-0.1, -0.05) is 36.9 Å². The van der Waals surface area contributed by atoms with Gasteiger partial charge in [0.25, 0.3) is 5.56 Å². The SMILES string of the molecule is CCc1cccc(C)c1NC(=O)C(C)Sc1nc(C)cc(=O)[nH]1. The smallest absolute Gasteiger partial charge is 0.251 e. The van der Waals surface area contributed by atoms with Crippen LogP contribution in [-0.2, 0) is 11.2 Å². The largest absolute Gasteiger partial charge is 0.325 e. The van der Waals surface area contributed by atoms with Crippen LogP contribution in [0.5, 0.6) is 0 Å². The molecule has 0 bridgehead atoms. The molecule has 1 aromatic heterocycles. The standard InChI is InChI=1S/C17H21N3O2S/c1-5-13-8-6-7-10(2)15(13)20-16(22)12(4)23-17-18-11(3)9-14(21)19-17/h6-9,12H,5H2,1-4H3,(H,20,22)(H,18,19,21). The molecule has 122 valence electrons. The van der Waals surface area contributed by atoms with E-state index < -0.39 is 0 Å². The minimum Gasteiger partial charge on any atom is -0.325 e. The Morgan fingerprint density at radius 1 is 1.39 bits per heavy atom. The maximum Gasteiger partial charge on any atom is 0.251 e. The summed E-state index contributed by atoms with van der Waals surface area (Å²) in [5.41, 5.74) is 3.45. The summed E-state index contributed by atoms with van der Waals surface area (Å²) in [6.45, 7) is 7.59. The zero-order valence-electron chi connectivity index (χ0n) is 13.8. The summed E-state index contributed by atoms with van der Waals surface area (Å²) in [6.07, 6.45) is 0.853. The third kappa shape index (κ3) is 4.45. The minimum atomic E-state index is -0.371. The number of carbonyl (C=O) groups excluding carboxylic acids is 1. The predicted molar refractivity (Wildman–Crippen MR) is 94.1 cm³/mol. The van der Waals surface area contributed by atoms with Crippen LogP contribution in [-0.4, -0.2) is 21.1 Å². The van der Waals surface area contributed by atoms with E-state index in [2.05, 4.69) is 22.2 Å². The minimum absolute atomic E-state index is 0.108. The Kier molecular flexibility index (Phi) is 5.60. The van der Waals surface area contributed by atoms with Gasteiger partial charge in [-0.05, 0) is 38.3 Å². The predicted octanol–water partition coefficient (Wildman–Crippen LogP) is 3.07. The van der Waals surface area contributed by atoms with Gasteiger partial charge in [-0.25, -0.2) is 4.98 Å². The highest BCUT2D eigenvalue weighted by molar-refractivity contribution is 8.00. The van der Waals surface area contributed by atoms with Crippen LogP contribution in [0.15, 0.2) is 34.2 Å². The Bertz CT molecular complexity index is 771. The molecule has 0 aliphatic rings. The molecule has 0 fully saturated rings.